The molecule has 2 aromatic rings. The van der Waals surface area contributed by atoms with E-state index in [0.29, 0.717) is 30.2 Å². The van der Waals surface area contributed by atoms with Crippen LogP contribution in [0.25, 0.3) is 0 Å². The number of carbonyl (C=O) groups excluding carboxylic acids is 1. The molecule has 3 rings (SSSR count). The zero-order chi connectivity index (χ0) is 17.3. The van der Waals surface area contributed by atoms with Crippen LogP contribution in [0.5, 0.6) is 17.2 Å². The Bertz CT molecular complexity index is 744. The summed E-state index contributed by atoms with van der Waals surface area (Å²) >= 11 is 0. The van der Waals surface area contributed by atoms with Crippen LogP contribution in [0.15, 0.2) is 18.3 Å². The number of ether oxygens (including phenoxy) is 3. The van der Waals surface area contributed by atoms with Crippen LogP contribution in [0.4, 0.5) is 5.82 Å². The lowest BCUT2D eigenvalue weighted by molar-refractivity contribution is -0.116. The van der Waals surface area contributed by atoms with Crippen molar-refractivity contribution in [3.05, 3.63) is 29.5 Å². The summed E-state index contributed by atoms with van der Waals surface area (Å²) < 4.78 is 18.0. The first-order chi connectivity index (χ1) is 11.6. The van der Waals surface area contributed by atoms with E-state index >= 15 is 0 Å². The van der Waals surface area contributed by atoms with E-state index in [1.54, 1.807) is 26.0 Å². The molecule has 0 radical (unpaired) electrons. The van der Waals surface area contributed by atoms with Crippen LogP contribution in [0.1, 0.15) is 30.4 Å². The van der Waals surface area contributed by atoms with Gasteiger partial charge < -0.3 is 19.5 Å². The Labute approximate surface area is 140 Å². The topological polar surface area (TPSA) is 74.6 Å². The fourth-order valence-electron chi connectivity index (χ4n) is 3.11. The summed E-state index contributed by atoms with van der Waals surface area (Å²) in [6, 6.07) is 3.77. The zero-order valence-electron chi connectivity index (χ0n) is 14.3. The van der Waals surface area contributed by atoms with Gasteiger partial charge in [-0.15, -0.1) is 0 Å². The molecule has 1 aliphatic rings. The Morgan fingerprint density at radius 3 is 2.42 bits per heavy atom. The van der Waals surface area contributed by atoms with Crippen LogP contribution in [0.3, 0.4) is 0 Å². The lowest BCUT2D eigenvalue weighted by atomic mass is 9.87. The van der Waals surface area contributed by atoms with Gasteiger partial charge in [-0.05, 0) is 24.6 Å². The predicted molar refractivity (Wildman–Crippen MR) is 89.1 cm³/mol. The molecule has 1 N–H and O–H groups in total. The van der Waals surface area contributed by atoms with Gasteiger partial charge in [0.15, 0.2) is 11.5 Å². The maximum atomic E-state index is 12.2. The van der Waals surface area contributed by atoms with E-state index in [1.165, 1.54) is 0 Å². The van der Waals surface area contributed by atoms with Crippen molar-refractivity contribution in [2.45, 2.75) is 25.8 Å². The number of hydrogen-bond donors (Lipinski definition) is 1. The molecule has 24 heavy (non-hydrogen) atoms. The average molecular weight is 331 g/mol. The molecular formula is C17H21N3O4. The van der Waals surface area contributed by atoms with E-state index in [9.17, 15) is 4.79 Å². The van der Waals surface area contributed by atoms with Crippen LogP contribution in [0, 0.1) is 0 Å². The number of aryl methyl sites for hydroxylation is 1. The Kier molecular flexibility index (Phi) is 4.33. The highest BCUT2D eigenvalue weighted by molar-refractivity contribution is 5.94. The molecule has 1 aromatic heterocycles. The van der Waals surface area contributed by atoms with Crippen molar-refractivity contribution in [2.75, 3.05) is 26.6 Å². The van der Waals surface area contributed by atoms with E-state index in [1.807, 2.05) is 25.3 Å². The molecule has 1 aliphatic heterocycles. The lowest BCUT2D eigenvalue weighted by Gasteiger charge is -2.25. The Morgan fingerprint density at radius 2 is 1.88 bits per heavy atom. The Hall–Kier alpha value is -2.70. The van der Waals surface area contributed by atoms with Crippen LogP contribution in [-0.4, -0.2) is 37.0 Å². The number of hydrogen-bond acceptors (Lipinski definition) is 5. The van der Waals surface area contributed by atoms with Crippen LogP contribution < -0.4 is 19.5 Å². The smallest absolute Gasteiger partial charge is 0.226 e. The van der Waals surface area contributed by atoms with E-state index in [0.717, 1.165) is 16.9 Å². The molecule has 7 heteroatoms. The van der Waals surface area contributed by atoms with E-state index < -0.39 is 0 Å². The van der Waals surface area contributed by atoms with Crippen molar-refractivity contribution >= 4 is 11.7 Å². The van der Waals surface area contributed by atoms with Crippen LogP contribution >= 0.6 is 0 Å². The number of amides is 1. The molecule has 0 aliphatic carbocycles. The second kappa shape index (κ2) is 6.43. The predicted octanol–water partition coefficient (Wildman–Crippen LogP) is 2.40. The molecule has 7 nitrogen and oxygen atoms in total. The summed E-state index contributed by atoms with van der Waals surface area (Å²) in [6.45, 7) is 2.68. The van der Waals surface area contributed by atoms with Gasteiger partial charge in [-0.25, -0.2) is 4.68 Å². The summed E-state index contributed by atoms with van der Waals surface area (Å²) in [5, 5.41) is 7.27. The fourth-order valence-corrected chi connectivity index (χ4v) is 3.11. The van der Waals surface area contributed by atoms with Gasteiger partial charge >= 0.3 is 0 Å². The average Bonchev–Trinajstić information content (AvgIpc) is 3.02. The molecular weight excluding hydrogens is 310 g/mol. The molecule has 0 saturated carbocycles. The van der Waals surface area contributed by atoms with Gasteiger partial charge in [0.2, 0.25) is 11.7 Å². The standard InChI is InChI=1S/C17H21N3O4/c1-5-20-17-12(9-18-20)11(8-15(21)19-17)10-6-13(22-2)16(24-4)14(7-10)23-3/h6-7,9,11H,5,8H2,1-4H3,(H,19,21)/t11-/m0/s1. The fraction of sp³-hybridized carbons (Fsp3) is 0.412. The number of nitrogens with one attached hydrogen (secondary N) is 1. The van der Waals surface area contributed by atoms with E-state index in [-0.39, 0.29) is 11.8 Å². The summed E-state index contributed by atoms with van der Waals surface area (Å²) in [5.74, 6) is 2.30. The van der Waals surface area contributed by atoms with Crippen molar-refractivity contribution in [1.82, 2.24) is 9.78 Å². The van der Waals surface area contributed by atoms with Gasteiger partial charge in [-0.1, -0.05) is 0 Å². The van der Waals surface area contributed by atoms with Gasteiger partial charge in [-0.2, -0.15) is 5.10 Å². The van der Waals surface area contributed by atoms with E-state index in [2.05, 4.69) is 10.4 Å². The van der Waals surface area contributed by atoms with Gasteiger partial charge in [0.25, 0.3) is 0 Å². The molecule has 1 atom stereocenters. The first-order valence-electron chi connectivity index (χ1n) is 7.78. The summed E-state index contributed by atoms with van der Waals surface area (Å²) in [6.07, 6.45) is 2.16. The third-order valence-electron chi connectivity index (χ3n) is 4.28. The van der Waals surface area contributed by atoms with Crippen LogP contribution in [0.2, 0.25) is 0 Å². The maximum Gasteiger partial charge on any atom is 0.226 e. The lowest BCUT2D eigenvalue weighted by Crippen LogP contribution is -2.24. The number of aromatic nitrogens is 2. The minimum Gasteiger partial charge on any atom is -0.493 e. The zero-order valence-corrected chi connectivity index (χ0v) is 14.3. The molecule has 2 heterocycles. The molecule has 0 bridgehead atoms. The minimum absolute atomic E-state index is 0.0311. The van der Waals surface area contributed by atoms with Gasteiger partial charge in [0.05, 0.1) is 27.5 Å². The highest BCUT2D eigenvalue weighted by Crippen LogP contribution is 2.44. The SMILES string of the molecule is CCn1ncc2c1NC(=O)C[C@H]2c1cc(OC)c(OC)c(OC)c1. The molecule has 0 fully saturated rings. The van der Waals surface area contributed by atoms with Crippen molar-refractivity contribution in [3.63, 3.8) is 0 Å². The molecule has 128 valence electrons. The Morgan fingerprint density at radius 1 is 1.21 bits per heavy atom. The van der Waals surface area contributed by atoms with Crippen molar-refractivity contribution in [3.8, 4) is 17.2 Å². The highest BCUT2D eigenvalue weighted by Gasteiger charge is 2.31. The normalized spacial score (nSPS) is 16.3. The summed E-state index contributed by atoms with van der Waals surface area (Å²) in [7, 11) is 4.72. The van der Waals surface area contributed by atoms with Gasteiger partial charge in [-0.3, -0.25) is 4.79 Å². The van der Waals surface area contributed by atoms with E-state index in [4.69, 9.17) is 14.2 Å². The second-order valence-corrected chi connectivity index (χ2v) is 5.53. The quantitative estimate of drug-likeness (QED) is 0.910. The van der Waals surface area contributed by atoms with Crippen molar-refractivity contribution in [1.29, 1.82) is 0 Å². The first kappa shape index (κ1) is 16.2. The number of nitrogens with zero attached hydrogens (tertiary/aromatic N) is 2. The summed E-state index contributed by atoms with van der Waals surface area (Å²) in [5.41, 5.74) is 1.92. The molecule has 1 aromatic carbocycles. The third kappa shape index (κ3) is 2.55. The minimum atomic E-state index is -0.109. The Balaban J connectivity index is 2.12. The number of rotatable bonds is 5. The largest absolute Gasteiger partial charge is 0.493 e. The molecule has 1 amide bonds. The maximum absolute atomic E-state index is 12.2. The monoisotopic (exact) mass is 331 g/mol. The molecule has 0 saturated heterocycles. The summed E-state index contributed by atoms with van der Waals surface area (Å²) in [4.78, 5) is 12.2. The number of anilines is 1. The third-order valence-corrected chi connectivity index (χ3v) is 4.28. The number of benzene rings is 1. The van der Waals surface area contributed by atoms with Gasteiger partial charge in [0.1, 0.15) is 5.82 Å². The van der Waals surface area contributed by atoms with Gasteiger partial charge in [0, 0.05) is 24.4 Å². The molecule has 0 spiro atoms. The first-order valence-corrected chi connectivity index (χ1v) is 7.78. The highest BCUT2D eigenvalue weighted by atomic mass is 16.5. The molecule has 0 unspecified atom stereocenters. The number of carbonyl (C=O) groups is 1. The number of fused-ring (bicyclic) bond motifs is 1. The number of methoxy groups -OCH3 is 3. The van der Waals surface area contributed by atoms with Crippen molar-refractivity contribution < 1.29 is 19.0 Å². The second-order valence-electron chi connectivity index (χ2n) is 5.53. The van der Waals surface area contributed by atoms with Crippen molar-refractivity contribution in [2.24, 2.45) is 0 Å². The van der Waals surface area contributed by atoms with Crippen LogP contribution in [-0.2, 0) is 11.3 Å².